The van der Waals surface area contributed by atoms with Gasteiger partial charge in [0.15, 0.2) is 6.54 Å². The van der Waals surface area contributed by atoms with E-state index in [0.29, 0.717) is 5.56 Å². The molecule has 3 N–H and O–H groups in total. The molecule has 0 aliphatic carbocycles. The van der Waals surface area contributed by atoms with Crippen molar-refractivity contribution in [3.63, 3.8) is 0 Å². The zero-order chi connectivity index (χ0) is 16.8. The highest BCUT2D eigenvalue weighted by Gasteiger charge is 2.17. The second-order valence-electron chi connectivity index (χ2n) is 5.59. The second kappa shape index (κ2) is 7.83. The number of nitrogens with one attached hydrogen (secondary N) is 1. The lowest BCUT2D eigenvalue weighted by atomic mass is 10.1. The predicted molar refractivity (Wildman–Crippen MR) is 84.6 cm³/mol. The maximum Gasteiger partial charge on any atom is 0.275 e. The van der Waals surface area contributed by atoms with Gasteiger partial charge in [0.2, 0.25) is 0 Å². The topological polar surface area (TPSA) is 45.7 Å². The molecule has 1 amide bonds. The van der Waals surface area contributed by atoms with Crippen LogP contribution in [-0.2, 0) is 4.79 Å². The molecule has 0 saturated carbocycles. The lowest BCUT2D eigenvalue weighted by Crippen LogP contribution is -2.87. The monoisotopic (exact) mass is 319 g/mol. The van der Waals surface area contributed by atoms with Crippen molar-refractivity contribution in [2.75, 3.05) is 6.54 Å². The minimum atomic E-state index is -0.604. The van der Waals surface area contributed by atoms with E-state index in [-0.39, 0.29) is 24.5 Å². The predicted octanol–water partition coefficient (Wildman–Crippen LogP) is 2.47. The molecule has 0 radical (unpaired) electrons. The Morgan fingerprint density at radius 2 is 1.83 bits per heavy atom. The molecule has 0 saturated heterocycles. The number of carbonyl (C=O) groups is 1. The summed E-state index contributed by atoms with van der Waals surface area (Å²) >= 11 is 0. The van der Waals surface area contributed by atoms with E-state index in [2.05, 4.69) is 5.32 Å². The molecule has 2 rings (SSSR count). The zero-order valence-corrected chi connectivity index (χ0v) is 13.2. The average Bonchev–Trinajstić information content (AvgIpc) is 2.53. The van der Waals surface area contributed by atoms with Crippen molar-refractivity contribution >= 4 is 5.91 Å². The molecule has 122 valence electrons. The van der Waals surface area contributed by atoms with Crippen molar-refractivity contribution < 1.29 is 18.9 Å². The number of nitrogens with two attached hydrogens (primary N) is 1. The number of rotatable bonds is 6. The van der Waals surface area contributed by atoms with Gasteiger partial charge in [-0.05, 0) is 31.5 Å². The first-order valence-corrected chi connectivity index (χ1v) is 7.60. The van der Waals surface area contributed by atoms with Gasteiger partial charge < -0.3 is 10.6 Å². The number of hydrogen-bond acceptors (Lipinski definition) is 1. The molecule has 2 aromatic carbocycles. The fourth-order valence-electron chi connectivity index (χ4n) is 2.41. The standard InChI is InChI=1S/C18H20F2N2O/c1-12(14-6-4-3-5-7-14)22-18(23)11-21-13(2)16-9-8-15(19)10-17(16)20/h3-10,12-13,21H,11H2,1-2H3,(H,22,23)/p+1/t12-,13-/m1/s1. The molecule has 0 heterocycles. The van der Waals surface area contributed by atoms with Crippen LogP contribution in [0.25, 0.3) is 0 Å². The van der Waals surface area contributed by atoms with E-state index in [4.69, 9.17) is 0 Å². The Kier molecular flexibility index (Phi) is 5.82. The smallest absolute Gasteiger partial charge is 0.275 e. The van der Waals surface area contributed by atoms with Crippen molar-refractivity contribution in [3.8, 4) is 0 Å². The zero-order valence-electron chi connectivity index (χ0n) is 13.2. The van der Waals surface area contributed by atoms with Gasteiger partial charge in [0.25, 0.3) is 5.91 Å². The summed E-state index contributed by atoms with van der Waals surface area (Å²) < 4.78 is 26.6. The van der Waals surface area contributed by atoms with Crippen LogP contribution in [0, 0.1) is 11.6 Å². The summed E-state index contributed by atoms with van der Waals surface area (Å²) in [5.41, 5.74) is 1.41. The highest BCUT2D eigenvalue weighted by molar-refractivity contribution is 5.77. The number of halogens is 2. The second-order valence-corrected chi connectivity index (χ2v) is 5.59. The van der Waals surface area contributed by atoms with Crippen molar-refractivity contribution in [3.05, 3.63) is 71.3 Å². The van der Waals surface area contributed by atoms with Gasteiger partial charge in [-0.1, -0.05) is 30.3 Å². The van der Waals surface area contributed by atoms with Gasteiger partial charge in [0, 0.05) is 11.6 Å². The SMILES string of the molecule is C[C@@H](NC(=O)C[NH2+][C@H](C)c1ccc(F)cc1F)c1ccccc1. The lowest BCUT2D eigenvalue weighted by Gasteiger charge is -2.15. The summed E-state index contributed by atoms with van der Waals surface area (Å²) in [6.45, 7) is 3.87. The van der Waals surface area contributed by atoms with E-state index in [1.165, 1.54) is 12.1 Å². The van der Waals surface area contributed by atoms with Gasteiger partial charge in [0.1, 0.15) is 17.7 Å². The molecule has 2 aromatic rings. The summed E-state index contributed by atoms with van der Waals surface area (Å²) in [5, 5.41) is 4.63. The number of amides is 1. The van der Waals surface area contributed by atoms with E-state index in [0.717, 1.165) is 11.6 Å². The highest BCUT2D eigenvalue weighted by Crippen LogP contribution is 2.14. The molecule has 0 aliphatic heterocycles. The van der Waals surface area contributed by atoms with Gasteiger partial charge in [-0.25, -0.2) is 8.78 Å². The third-order valence-electron chi connectivity index (χ3n) is 3.79. The summed E-state index contributed by atoms with van der Waals surface area (Å²) in [4.78, 5) is 12.0. The fourth-order valence-corrected chi connectivity index (χ4v) is 2.41. The first-order chi connectivity index (χ1) is 11.0. The normalized spacial score (nSPS) is 13.4. The fraction of sp³-hybridized carbons (Fsp3) is 0.278. The minimum Gasteiger partial charge on any atom is -0.345 e. The van der Waals surface area contributed by atoms with Crippen LogP contribution in [0.5, 0.6) is 0 Å². The van der Waals surface area contributed by atoms with Crippen LogP contribution in [0.2, 0.25) is 0 Å². The van der Waals surface area contributed by atoms with Crippen LogP contribution in [0.1, 0.15) is 37.1 Å². The first-order valence-electron chi connectivity index (χ1n) is 7.60. The molecular weight excluding hydrogens is 298 g/mol. The van der Waals surface area contributed by atoms with Gasteiger partial charge in [-0.2, -0.15) is 0 Å². The van der Waals surface area contributed by atoms with Gasteiger partial charge in [-0.15, -0.1) is 0 Å². The summed E-state index contributed by atoms with van der Waals surface area (Å²) in [6, 6.07) is 12.8. The van der Waals surface area contributed by atoms with Crippen LogP contribution in [0.4, 0.5) is 8.78 Å². The van der Waals surface area contributed by atoms with Crippen molar-refractivity contribution in [1.29, 1.82) is 0 Å². The average molecular weight is 319 g/mol. The quantitative estimate of drug-likeness (QED) is 0.844. The Bertz CT molecular complexity index is 661. The van der Waals surface area contributed by atoms with Crippen LogP contribution in [-0.4, -0.2) is 12.5 Å². The molecule has 0 aromatic heterocycles. The van der Waals surface area contributed by atoms with E-state index < -0.39 is 11.6 Å². The molecule has 5 heteroatoms. The number of carbonyl (C=O) groups excluding carboxylic acids is 1. The molecule has 3 nitrogen and oxygen atoms in total. The Morgan fingerprint density at radius 1 is 1.13 bits per heavy atom. The van der Waals surface area contributed by atoms with Crippen LogP contribution < -0.4 is 10.6 Å². The third kappa shape index (κ3) is 4.86. The molecule has 0 bridgehead atoms. The number of quaternary nitrogens is 1. The van der Waals surface area contributed by atoms with Crippen molar-refractivity contribution in [2.24, 2.45) is 0 Å². The van der Waals surface area contributed by atoms with Gasteiger partial charge in [-0.3, -0.25) is 4.79 Å². The Morgan fingerprint density at radius 3 is 2.48 bits per heavy atom. The molecule has 2 atom stereocenters. The molecule has 0 spiro atoms. The Labute approximate surface area is 134 Å². The maximum atomic E-state index is 13.7. The summed E-state index contributed by atoms with van der Waals surface area (Å²) in [5.74, 6) is -1.32. The van der Waals surface area contributed by atoms with Crippen molar-refractivity contribution in [2.45, 2.75) is 25.9 Å². The van der Waals surface area contributed by atoms with Crippen molar-refractivity contribution in [1.82, 2.24) is 5.32 Å². The minimum absolute atomic E-state index is 0.0880. The van der Waals surface area contributed by atoms with Gasteiger partial charge in [0.05, 0.1) is 6.04 Å². The Hall–Kier alpha value is -2.27. The van der Waals surface area contributed by atoms with Crippen LogP contribution >= 0.6 is 0 Å². The summed E-state index contributed by atoms with van der Waals surface area (Å²) in [6.07, 6.45) is 0. The maximum absolute atomic E-state index is 13.7. The molecule has 0 aliphatic rings. The number of benzene rings is 2. The van der Waals surface area contributed by atoms with Crippen LogP contribution in [0.15, 0.2) is 48.5 Å². The molecular formula is C18H21F2N2O+. The van der Waals surface area contributed by atoms with Gasteiger partial charge >= 0.3 is 0 Å². The molecule has 23 heavy (non-hydrogen) atoms. The first kappa shape index (κ1) is 17.1. The largest absolute Gasteiger partial charge is 0.345 e. The van der Waals surface area contributed by atoms with E-state index in [1.54, 1.807) is 12.2 Å². The van der Waals surface area contributed by atoms with Crippen LogP contribution in [0.3, 0.4) is 0 Å². The van der Waals surface area contributed by atoms with E-state index in [9.17, 15) is 13.6 Å². The Balaban J connectivity index is 1.86. The lowest BCUT2D eigenvalue weighted by molar-refractivity contribution is -0.682. The summed E-state index contributed by atoms with van der Waals surface area (Å²) in [7, 11) is 0. The molecule has 0 fully saturated rings. The van der Waals surface area contributed by atoms with E-state index in [1.807, 2.05) is 37.3 Å². The number of hydrogen-bond donors (Lipinski definition) is 2. The third-order valence-corrected chi connectivity index (χ3v) is 3.79. The van der Waals surface area contributed by atoms with E-state index >= 15 is 0 Å². The molecule has 0 unspecified atom stereocenters. The highest BCUT2D eigenvalue weighted by atomic mass is 19.1.